The van der Waals surface area contributed by atoms with Crippen LogP contribution in [0.2, 0.25) is 0 Å². The summed E-state index contributed by atoms with van der Waals surface area (Å²) >= 11 is 0. The van der Waals surface area contributed by atoms with E-state index in [1.807, 2.05) is 0 Å². The monoisotopic (exact) mass is 432 g/mol. The van der Waals surface area contributed by atoms with Crippen LogP contribution in [0.1, 0.15) is 24.0 Å². The fourth-order valence-electron chi connectivity index (χ4n) is 3.05. The molecule has 8 nitrogen and oxygen atoms in total. The number of phenols is 2. The van der Waals surface area contributed by atoms with Gasteiger partial charge in [-0.15, -0.1) is 0 Å². The minimum Gasteiger partial charge on any atom is -0.512 e. The number of carbonyl (C=O) groups is 1. The molecule has 168 valence electrons. The number of methoxy groups -OCH3 is 4. The molecule has 0 atom stereocenters. The molecule has 0 radical (unpaired) electrons. The van der Waals surface area contributed by atoms with Crippen molar-refractivity contribution in [3.8, 4) is 34.5 Å². The van der Waals surface area contributed by atoms with Crippen molar-refractivity contribution >= 4 is 5.78 Å². The molecule has 3 N–H and O–H groups in total. The molecule has 0 unspecified atom stereocenters. The van der Waals surface area contributed by atoms with Crippen LogP contribution in [0.15, 0.2) is 36.1 Å². The number of benzene rings is 2. The number of aliphatic hydroxyl groups excluding tert-OH is 1. The van der Waals surface area contributed by atoms with Gasteiger partial charge in [0.25, 0.3) is 0 Å². The molecule has 0 heterocycles. The summed E-state index contributed by atoms with van der Waals surface area (Å²) in [4.78, 5) is 12.2. The largest absolute Gasteiger partial charge is 0.512 e. The predicted octanol–water partition coefficient (Wildman–Crippen LogP) is 3.71. The number of hydrogen-bond donors (Lipinski definition) is 3. The van der Waals surface area contributed by atoms with E-state index in [1.54, 1.807) is 24.3 Å². The fraction of sp³-hybridized carbons (Fsp3) is 0.348. The minimum absolute atomic E-state index is 0.0446. The molecule has 0 saturated carbocycles. The van der Waals surface area contributed by atoms with Crippen LogP contribution < -0.4 is 18.9 Å². The van der Waals surface area contributed by atoms with Gasteiger partial charge in [0.2, 0.25) is 11.5 Å². The maximum absolute atomic E-state index is 12.2. The second kappa shape index (κ2) is 11.0. The Kier molecular flexibility index (Phi) is 8.43. The third kappa shape index (κ3) is 6.21. The lowest BCUT2D eigenvalue weighted by Crippen LogP contribution is -2.00. The number of carbonyl (C=O) groups excluding carboxylic acids is 1. The Hall–Kier alpha value is -3.55. The molecule has 0 bridgehead atoms. The maximum Gasteiger partial charge on any atom is 0.200 e. The molecule has 0 aliphatic carbocycles. The van der Waals surface area contributed by atoms with Crippen LogP contribution >= 0.6 is 0 Å². The first kappa shape index (κ1) is 23.7. The van der Waals surface area contributed by atoms with Crippen LogP contribution in [0.25, 0.3) is 0 Å². The van der Waals surface area contributed by atoms with E-state index >= 15 is 0 Å². The number of aliphatic hydroxyl groups is 1. The van der Waals surface area contributed by atoms with Gasteiger partial charge < -0.3 is 34.3 Å². The Balaban J connectivity index is 1.98. The van der Waals surface area contributed by atoms with E-state index in [-0.39, 0.29) is 58.9 Å². The summed E-state index contributed by atoms with van der Waals surface area (Å²) in [6, 6.07) is 6.58. The van der Waals surface area contributed by atoms with E-state index < -0.39 is 0 Å². The molecular weight excluding hydrogens is 404 g/mol. The average molecular weight is 432 g/mol. The van der Waals surface area contributed by atoms with Crippen molar-refractivity contribution in [3.05, 3.63) is 47.2 Å². The lowest BCUT2D eigenvalue weighted by molar-refractivity contribution is -0.114. The van der Waals surface area contributed by atoms with Crippen LogP contribution in [0.3, 0.4) is 0 Å². The summed E-state index contributed by atoms with van der Waals surface area (Å²) in [5.74, 6) is 0.606. The second-order valence-electron chi connectivity index (χ2n) is 6.80. The average Bonchev–Trinajstić information content (AvgIpc) is 2.77. The highest BCUT2D eigenvalue weighted by Crippen LogP contribution is 2.38. The van der Waals surface area contributed by atoms with Crippen LogP contribution in [0.5, 0.6) is 34.5 Å². The molecular formula is C23H28O8. The van der Waals surface area contributed by atoms with E-state index in [1.165, 1.54) is 34.5 Å². The number of ketones is 1. The van der Waals surface area contributed by atoms with Gasteiger partial charge in [-0.3, -0.25) is 4.79 Å². The number of aryl methyl sites for hydroxylation is 2. The zero-order valence-corrected chi connectivity index (χ0v) is 18.1. The van der Waals surface area contributed by atoms with E-state index in [0.717, 1.165) is 11.1 Å². The highest BCUT2D eigenvalue weighted by molar-refractivity contribution is 5.90. The lowest BCUT2D eigenvalue weighted by atomic mass is 10.0. The normalized spacial score (nSPS) is 11.2. The van der Waals surface area contributed by atoms with Gasteiger partial charge in [-0.25, -0.2) is 0 Å². The maximum atomic E-state index is 12.2. The van der Waals surface area contributed by atoms with Crippen molar-refractivity contribution in [1.29, 1.82) is 0 Å². The zero-order valence-electron chi connectivity index (χ0n) is 18.1. The Bertz CT molecular complexity index is 899. The van der Waals surface area contributed by atoms with Crippen LogP contribution in [-0.4, -0.2) is 49.5 Å². The Morgan fingerprint density at radius 3 is 1.45 bits per heavy atom. The molecule has 31 heavy (non-hydrogen) atoms. The SMILES string of the molecule is COc1cc(CCC(=O)/C=C(\O)CCc2cc(OC)c(O)c(OC)c2)cc(OC)c1O. The van der Waals surface area contributed by atoms with Gasteiger partial charge in [0.15, 0.2) is 28.8 Å². The van der Waals surface area contributed by atoms with Gasteiger partial charge in [0, 0.05) is 18.9 Å². The number of hydrogen-bond acceptors (Lipinski definition) is 8. The van der Waals surface area contributed by atoms with Crippen molar-refractivity contribution in [3.63, 3.8) is 0 Å². The van der Waals surface area contributed by atoms with Gasteiger partial charge in [-0.1, -0.05) is 0 Å². The van der Waals surface area contributed by atoms with Crippen molar-refractivity contribution in [1.82, 2.24) is 0 Å². The Labute approximate surface area is 181 Å². The van der Waals surface area contributed by atoms with E-state index in [2.05, 4.69) is 0 Å². The molecule has 0 amide bonds. The van der Waals surface area contributed by atoms with Gasteiger partial charge in [-0.05, 0) is 48.2 Å². The first-order valence-corrected chi connectivity index (χ1v) is 9.63. The number of rotatable bonds is 11. The molecule has 2 rings (SSSR count). The topological polar surface area (TPSA) is 115 Å². The molecule has 2 aromatic carbocycles. The third-order valence-corrected chi connectivity index (χ3v) is 4.74. The van der Waals surface area contributed by atoms with E-state index in [4.69, 9.17) is 18.9 Å². The van der Waals surface area contributed by atoms with Gasteiger partial charge in [0.1, 0.15) is 0 Å². The van der Waals surface area contributed by atoms with Gasteiger partial charge in [0.05, 0.1) is 34.2 Å². The smallest absolute Gasteiger partial charge is 0.200 e. The Morgan fingerprint density at radius 1 is 0.742 bits per heavy atom. The van der Waals surface area contributed by atoms with Crippen LogP contribution in [0, 0.1) is 0 Å². The van der Waals surface area contributed by atoms with E-state index in [9.17, 15) is 20.1 Å². The standard InChI is InChI=1S/C23H28O8/c1-28-18-9-14(10-19(29-2)22(18)26)5-7-16(24)13-17(25)8-6-15-11-20(30-3)23(27)21(12-15)31-4/h9-13,24,26-27H,5-8H2,1-4H3/b16-13-. The lowest BCUT2D eigenvalue weighted by Gasteiger charge is -2.11. The number of ether oxygens (including phenoxy) is 4. The van der Waals surface area contributed by atoms with Crippen molar-refractivity contribution in [2.24, 2.45) is 0 Å². The minimum atomic E-state index is -0.232. The Morgan fingerprint density at radius 2 is 1.10 bits per heavy atom. The summed E-state index contributed by atoms with van der Waals surface area (Å²) in [6.07, 6.45) is 2.44. The molecule has 0 aliphatic heterocycles. The molecule has 0 fully saturated rings. The van der Waals surface area contributed by atoms with Gasteiger partial charge in [-0.2, -0.15) is 0 Å². The molecule has 0 spiro atoms. The molecule has 8 heteroatoms. The molecule has 2 aromatic rings. The summed E-state index contributed by atoms with van der Waals surface area (Å²) in [5.41, 5.74) is 1.54. The van der Waals surface area contributed by atoms with Crippen molar-refractivity contribution in [2.75, 3.05) is 28.4 Å². The zero-order chi connectivity index (χ0) is 23.0. The molecule has 0 aliphatic rings. The van der Waals surface area contributed by atoms with Crippen LogP contribution in [0.4, 0.5) is 0 Å². The van der Waals surface area contributed by atoms with E-state index in [0.29, 0.717) is 12.8 Å². The van der Waals surface area contributed by atoms with Crippen molar-refractivity contribution in [2.45, 2.75) is 25.7 Å². The number of phenolic OH excluding ortho intramolecular Hbond substituents is 2. The molecule has 0 aromatic heterocycles. The predicted molar refractivity (Wildman–Crippen MR) is 115 cm³/mol. The summed E-state index contributed by atoms with van der Waals surface area (Å²) < 4.78 is 20.5. The van der Waals surface area contributed by atoms with Gasteiger partial charge >= 0.3 is 0 Å². The van der Waals surface area contributed by atoms with Crippen LogP contribution in [-0.2, 0) is 17.6 Å². The third-order valence-electron chi connectivity index (χ3n) is 4.74. The first-order valence-electron chi connectivity index (χ1n) is 9.63. The summed E-state index contributed by atoms with van der Waals surface area (Å²) in [5, 5.41) is 30.1. The summed E-state index contributed by atoms with van der Waals surface area (Å²) in [7, 11) is 5.74. The first-order chi connectivity index (χ1) is 14.8. The summed E-state index contributed by atoms with van der Waals surface area (Å²) in [6.45, 7) is 0. The number of aromatic hydroxyl groups is 2. The van der Waals surface area contributed by atoms with Crippen molar-refractivity contribution < 1.29 is 39.1 Å². The molecule has 0 saturated heterocycles. The highest BCUT2D eigenvalue weighted by atomic mass is 16.5. The highest BCUT2D eigenvalue weighted by Gasteiger charge is 2.13. The quantitative estimate of drug-likeness (QED) is 0.364. The fourth-order valence-corrected chi connectivity index (χ4v) is 3.05. The second-order valence-corrected chi connectivity index (χ2v) is 6.80. The number of allylic oxidation sites excluding steroid dienone is 2.